The fourth-order valence-corrected chi connectivity index (χ4v) is 3.71. The van der Waals surface area contributed by atoms with E-state index in [0.29, 0.717) is 5.02 Å². The number of thiazole rings is 1. The summed E-state index contributed by atoms with van der Waals surface area (Å²) in [5.74, 6) is -0.276. The van der Waals surface area contributed by atoms with E-state index in [1.54, 1.807) is 18.3 Å². The van der Waals surface area contributed by atoms with Crippen molar-refractivity contribution in [3.05, 3.63) is 105 Å². The van der Waals surface area contributed by atoms with Gasteiger partial charge in [0.2, 0.25) is 4.80 Å². The van der Waals surface area contributed by atoms with Gasteiger partial charge in [-0.15, -0.1) is 16.4 Å². The molecule has 28 heavy (non-hydrogen) atoms. The molecule has 0 saturated heterocycles. The lowest BCUT2D eigenvalue weighted by Gasteiger charge is -2.09. The molecule has 3 nitrogen and oxygen atoms in total. The summed E-state index contributed by atoms with van der Waals surface area (Å²) in [6.45, 7) is 0. The summed E-state index contributed by atoms with van der Waals surface area (Å²) in [7, 11) is 0. The number of hydrogen-bond acceptors (Lipinski definition) is 3. The van der Waals surface area contributed by atoms with Gasteiger partial charge in [-0.25, -0.2) is 4.39 Å². The monoisotopic (exact) mass is 407 g/mol. The Labute approximate surface area is 170 Å². The summed E-state index contributed by atoms with van der Waals surface area (Å²) in [5.41, 5.74) is 3.81. The van der Waals surface area contributed by atoms with Crippen LogP contribution in [0.2, 0.25) is 5.02 Å². The van der Waals surface area contributed by atoms with E-state index in [-0.39, 0.29) is 5.82 Å². The van der Waals surface area contributed by atoms with Gasteiger partial charge < -0.3 is 0 Å². The lowest BCUT2D eigenvalue weighted by Crippen LogP contribution is -2.13. The minimum absolute atomic E-state index is 0.276. The van der Waals surface area contributed by atoms with Gasteiger partial charge in [0.1, 0.15) is 5.82 Å². The zero-order valence-corrected chi connectivity index (χ0v) is 16.2. The van der Waals surface area contributed by atoms with Gasteiger partial charge >= 0.3 is 0 Å². The second kappa shape index (κ2) is 8.33. The fourth-order valence-electron chi connectivity index (χ4n) is 2.72. The van der Waals surface area contributed by atoms with Crippen molar-refractivity contribution in [1.29, 1.82) is 0 Å². The van der Waals surface area contributed by atoms with Gasteiger partial charge in [0, 0.05) is 16.1 Å². The third-order valence-electron chi connectivity index (χ3n) is 4.08. The van der Waals surface area contributed by atoms with E-state index in [1.807, 2.05) is 60.0 Å². The Morgan fingerprint density at radius 2 is 1.61 bits per heavy atom. The molecule has 0 amide bonds. The molecule has 0 aliphatic heterocycles. The van der Waals surface area contributed by atoms with E-state index in [9.17, 15) is 4.39 Å². The molecule has 4 aromatic rings. The van der Waals surface area contributed by atoms with Crippen molar-refractivity contribution < 1.29 is 4.39 Å². The predicted molar refractivity (Wildman–Crippen MR) is 114 cm³/mol. The van der Waals surface area contributed by atoms with Crippen molar-refractivity contribution in [2.75, 3.05) is 0 Å². The van der Waals surface area contributed by atoms with Crippen LogP contribution in [0.5, 0.6) is 0 Å². The number of nitrogens with zero attached hydrogens (tertiary/aromatic N) is 3. The Morgan fingerprint density at radius 1 is 0.893 bits per heavy atom. The maximum atomic E-state index is 13.0. The largest absolute Gasteiger partial charge is 0.284 e. The summed E-state index contributed by atoms with van der Waals surface area (Å²) >= 11 is 7.53. The first-order valence-corrected chi connectivity index (χ1v) is 9.81. The number of halogens is 2. The van der Waals surface area contributed by atoms with Crippen LogP contribution >= 0.6 is 22.9 Å². The van der Waals surface area contributed by atoms with Crippen LogP contribution < -0.4 is 4.80 Å². The molecule has 138 valence electrons. The number of aromatic nitrogens is 1. The third-order valence-corrected chi connectivity index (χ3v) is 5.15. The molecule has 1 aromatic heterocycles. The maximum absolute atomic E-state index is 13.0. The van der Waals surface area contributed by atoms with E-state index < -0.39 is 0 Å². The molecule has 1 heterocycles. The van der Waals surface area contributed by atoms with Gasteiger partial charge in [0.15, 0.2) is 0 Å². The Hall–Kier alpha value is -3.02. The number of hydrogen-bond donors (Lipinski definition) is 0. The highest BCUT2D eigenvalue weighted by atomic mass is 35.5. The zero-order chi connectivity index (χ0) is 19.3. The van der Waals surface area contributed by atoms with Gasteiger partial charge in [-0.3, -0.25) is 4.57 Å². The first kappa shape index (κ1) is 18.3. The van der Waals surface area contributed by atoms with Gasteiger partial charge in [-0.2, -0.15) is 5.10 Å². The Morgan fingerprint density at radius 3 is 2.32 bits per heavy atom. The first-order valence-electron chi connectivity index (χ1n) is 8.55. The van der Waals surface area contributed by atoms with E-state index in [0.717, 1.165) is 27.3 Å². The van der Waals surface area contributed by atoms with E-state index in [1.165, 1.54) is 23.5 Å². The predicted octanol–water partition coefficient (Wildman–Crippen LogP) is 5.93. The Kier molecular flexibility index (Phi) is 5.46. The molecule has 6 heteroatoms. The molecule has 0 atom stereocenters. The van der Waals surface area contributed by atoms with E-state index in [2.05, 4.69) is 14.8 Å². The molecule has 0 unspecified atom stereocenters. The van der Waals surface area contributed by atoms with E-state index in [4.69, 9.17) is 11.6 Å². The second-order valence-corrected chi connectivity index (χ2v) is 7.25. The van der Waals surface area contributed by atoms with Crippen molar-refractivity contribution in [2.45, 2.75) is 0 Å². The average Bonchev–Trinajstić information content (AvgIpc) is 3.14. The smallest absolute Gasteiger partial charge is 0.215 e. The third kappa shape index (κ3) is 4.11. The molecule has 0 saturated carbocycles. The van der Waals surface area contributed by atoms with Crippen molar-refractivity contribution >= 4 is 29.2 Å². The molecule has 4 rings (SSSR count). The Bertz CT molecular complexity index is 1160. The van der Waals surface area contributed by atoms with Crippen LogP contribution in [0.25, 0.3) is 16.9 Å². The van der Waals surface area contributed by atoms with Gasteiger partial charge in [-0.05, 0) is 47.5 Å². The van der Waals surface area contributed by atoms with Crippen LogP contribution in [0, 0.1) is 5.82 Å². The fraction of sp³-hybridized carbons (Fsp3) is 0. The summed E-state index contributed by atoms with van der Waals surface area (Å²) in [6, 6.07) is 23.8. The molecule has 0 N–H and O–H groups in total. The lowest BCUT2D eigenvalue weighted by atomic mass is 10.1. The molecular formula is C22H15ClFN3S. The lowest BCUT2D eigenvalue weighted by molar-refractivity contribution is 0.628. The molecular weight excluding hydrogens is 393 g/mol. The zero-order valence-electron chi connectivity index (χ0n) is 14.7. The minimum atomic E-state index is -0.276. The van der Waals surface area contributed by atoms with Gasteiger partial charge in [-0.1, -0.05) is 54.1 Å². The van der Waals surface area contributed by atoms with E-state index >= 15 is 0 Å². The molecule has 3 aromatic carbocycles. The topological polar surface area (TPSA) is 29.6 Å². The van der Waals surface area contributed by atoms with Crippen molar-refractivity contribution in [3.8, 4) is 16.9 Å². The molecule has 0 spiro atoms. The highest BCUT2D eigenvalue weighted by Gasteiger charge is 2.10. The van der Waals surface area contributed by atoms with Crippen LogP contribution in [0.1, 0.15) is 5.56 Å². The summed E-state index contributed by atoms with van der Waals surface area (Å²) < 4.78 is 15.1. The first-order chi connectivity index (χ1) is 13.7. The summed E-state index contributed by atoms with van der Waals surface area (Å²) in [5, 5.41) is 11.3. The van der Waals surface area contributed by atoms with Gasteiger partial charge in [0.25, 0.3) is 0 Å². The summed E-state index contributed by atoms with van der Waals surface area (Å²) in [6.07, 6.45) is 1.61. The standard InChI is InChI=1S/C22H15ClFN3S/c23-18-10-8-17(9-11-18)21-15-28-22(27(21)20-4-2-1-3-5-20)26-25-14-16-6-12-19(24)13-7-16/h1-15H/b25-14-,26-22+. The van der Waals surface area contributed by atoms with Crippen LogP contribution in [-0.4, -0.2) is 10.8 Å². The number of benzene rings is 3. The number of rotatable bonds is 4. The molecule has 0 radical (unpaired) electrons. The normalized spacial score (nSPS) is 12.0. The SMILES string of the molecule is Fc1ccc(/C=N\N=c2\scc(-c3ccc(Cl)cc3)n2-c2ccccc2)cc1. The molecule has 0 aliphatic rings. The maximum Gasteiger partial charge on any atom is 0.215 e. The highest BCUT2D eigenvalue weighted by Crippen LogP contribution is 2.24. The quantitative estimate of drug-likeness (QED) is 0.296. The molecule has 0 aliphatic carbocycles. The van der Waals surface area contributed by atoms with Crippen LogP contribution in [0.3, 0.4) is 0 Å². The second-order valence-electron chi connectivity index (χ2n) is 5.98. The van der Waals surface area contributed by atoms with Crippen LogP contribution in [0.15, 0.2) is 94.4 Å². The Balaban J connectivity index is 1.79. The average molecular weight is 408 g/mol. The van der Waals surface area contributed by atoms with Gasteiger partial charge in [0.05, 0.1) is 11.9 Å². The van der Waals surface area contributed by atoms with Crippen molar-refractivity contribution in [3.63, 3.8) is 0 Å². The van der Waals surface area contributed by atoms with Crippen LogP contribution in [0.4, 0.5) is 4.39 Å². The highest BCUT2D eigenvalue weighted by molar-refractivity contribution is 7.07. The summed E-state index contributed by atoms with van der Waals surface area (Å²) in [4.78, 5) is 0.731. The molecule has 0 bridgehead atoms. The van der Waals surface area contributed by atoms with Crippen molar-refractivity contribution in [2.24, 2.45) is 10.2 Å². The minimum Gasteiger partial charge on any atom is -0.284 e. The number of para-hydroxylation sites is 1. The van der Waals surface area contributed by atoms with Crippen LogP contribution in [-0.2, 0) is 0 Å². The molecule has 0 fully saturated rings. The van der Waals surface area contributed by atoms with Crippen molar-refractivity contribution in [1.82, 2.24) is 4.57 Å².